The Bertz CT molecular complexity index is 399. The summed E-state index contributed by atoms with van der Waals surface area (Å²) in [5, 5.41) is 0.0467. The number of rotatable bonds is 1. The van der Waals surface area contributed by atoms with Gasteiger partial charge in [0.25, 0.3) is 5.91 Å². The Kier molecular flexibility index (Phi) is 2.90. The van der Waals surface area contributed by atoms with E-state index < -0.39 is 11.7 Å². The van der Waals surface area contributed by atoms with Gasteiger partial charge in [-0.1, -0.05) is 11.6 Å². The first-order valence-electron chi connectivity index (χ1n) is 3.22. The van der Waals surface area contributed by atoms with Crippen molar-refractivity contribution in [1.82, 2.24) is 0 Å². The smallest absolute Gasteiger partial charge is 0.266 e. The average molecular weight is 200 g/mol. The standard InChI is InChI=1S/C8H3ClFNO2/c9-7-2-1-5(10)3-6(7)8(13)11-4-12/h1-3H. The summed E-state index contributed by atoms with van der Waals surface area (Å²) in [5.41, 5.74) is -0.148. The van der Waals surface area contributed by atoms with Crippen LogP contribution in [-0.2, 0) is 4.79 Å². The quantitative estimate of drug-likeness (QED) is 0.513. The molecule has 0 atom stereocenters. The minimum absolute atomic E-state index is 0.0467. The molecule has 0 heterocycles. The van der Waals surface area contributed by atoms with Crippen molar-refractivity contribution in [2.75, 3.05) is 0 Å². The molecule has 66 valence electrons. The lowest BCUT2D eigenvalue weighted by Gasteiger charge is -1.96. The number of isocyanates is 1. The van der Waals surface area contributed by atoms with Crippen LogP contribution in [0.15, 0.2) is 23.2 Å². The predicted molar refractivity (Wildman–Crippen MR) is 43.9 cm³/mol. The fourth-order valence-corrected chi connectivity index (χ4v) is 0.961. The molecule has 13 heavy (non-hydrogen) atoms. The summed E-state index contributed by atoms with van der Waals surface area (Å²) in [6, 6.07) is 3.22. The second-order valence-corrected chi connectivity index (χ2v) is 2.54. The molecule has 0 aliphatic heterocycles. The van der Waals surface area contributed by atoms with Gasteiger partial charge < -0.3 is 0 Å². The molecule has 0 radical (unpaired) electrons. The van der Waals surface area contributed by atoms with Gasteiger partial charge in [0, 0.05) is 0 Å². The topological polar surface area (TPSA) is 46.5 Å². The van der Waals surface area contributed by atoms with Gasteiger partial charge >= 0.3 is 0 Å². The van der Waals surface area contributed by atoms with Gasteiger partial charge in [-0.25, -0.2) is 9.18 Å². The van der Waals surface area contributed by atoms with Crippen molar-refractivity contribution in [2.24, 2.45) is 4.99 Å². The highest BCUT2D eigenvalue weighted by atomic mass is 35.5. The summed E-state index contributed by atoms with van der Waals surface area (Å²) in [5.74, 6) is -1.52. The molecule has 0 spiro atoms. The molecule has 0 bridgehead atoms. The maximum atomic E-state index is 12.6. The zero-order valence-corrected chi connectivity index (χ0v) is 7.01. The molecular formula is C8H3ClFNO2. The van der Waals surface area contributed by atoms with Crippen LogP contribution in [0.2, 0.25) is 5.02 Å². The van der Waals surface area contributed by atoms with Crippen molar-refractivity contribution < 1.29 is 14.0 Å². The first-order valence-corrected chi connectivity index (χ1v) is 3.60. The molecule has 0 aromatic heterocycles. The van der Waals surface area contributed by atoms with E-state index >= 15 is 0 Å². The van der Waals surface area contributed by atoms with E-state index in [-0.39, 0.29) is 10.6 Å². The molecule has 1 rings (SSSR count). The van der Waals surface area contributed by atoms with Gasteiger partial charge in [-0.05, 0) is 18.2 Å². The van der Waals surface area contributed by atoms with Crippen LogP contribution in [0.4, 0.5) is 4.39 Å². The molecular weight excluding hydrogens is 197 g/mol. The van der Waals surface area contributed by atoms with Crippen molar-refractivity contribution in [3.8, 4) is 0 Å². The van der Waals surface area contributed by atoms with E-state index in [0.717, 1.165) is 18.2 Å². The lowest BCUT2D eigenvalue weighted by Crippen LogP contribution is -1.96. The summed E-state index contributed by atoms with van der Waals surface area (Å²) >= 11 is 5.55. The maximum absolute atomic E-state index is 12.6. The molecule has 0 unspecified atom stereocenters. The van der Waals surface area contributed by atoms with Gasteiger partial charge in [0.05, 0.1) is 10.6 Å². The monoisotopic (exact) mass is 199 g/mol. The molecule has 0 aliphatic carbocycles. The third-order valence-electron chi connectivity index (χ3n) is 1.31. The van der Waals surface area contributed by atoms with Crippen molar-refractivity contribution in [3.05, 3.63) is 34.6 Å². The number of nitrogens with zero attached hydrogens (tertiary/aromatic N) is 1. The van der Waals surface area contributed by atoms with Gasteiger partial charge in [0.1, 0.15) is 5.82 Å². The highest BCUT2D eigenvalue weighted by molar-refractivity contribution is 6.33. The van der Waals surface area contributed by atoms with Gasteiger partial charge in [-0.2, -0.15) is 0 Å². The Morgan fingerprint density at radius 3 is 2.85 bits per heavy atom. The number of amides is 1. The molecule has 1 aromatic carbocycles. The van der Waals surface area contributed by atoms with E-state index in [2.05, 4.69) is 4.99 Å². The Balaban J connectivity index is 3.20. The summed E-state index contributed by atoms with van der Waals surface area (Å²) in [4.78, 5) is 23.5. The zero-order valence-electron chi connectivity index (χ0n) is 6.25. The largest absolute Gasteiger partial charge is 0.289 e. The van der Waals surface area contributed by atoms with E-state index in [1.165, 1.54) is 6.07 Å². The van der Waals surface area contributed by atoms with E-state index in [0.29, 0.717) is 0 Å². The molecule has 5 heteroatoms. The normalized spacial score (nSPS) is 9.08. The van der Waals surface area contributed by atoms with Crippen molar-refractivity contribution in [3.63, 3.8) is 0 Å². The van der Waals surface area contributed by atoms with Gasteiger partial charge in [-0.3, -0.25) is 4.79 Å². The van der Waals surface area contributed by atoms with E-state index in [4.69, 9.17) is 11.6 Å². The summed E-state index contributed by atoms with van der Waals surface area (Å²) in [6.07, 6.45) is 1.06. The minimum atomic E-state index is -0.903. The van der Waals surface area contributed by atoms with Crippen molar-refractivity contribution >= 4 is 23.6 Å². The summed E-state index contributed by atoms with van der Waals surface area (Å²) in [7, 11) is 0. The molecule has 0 aliphatic rings. The lowest BCUT2D eigenvalue weighted by atomic mass is 10.2. The molecule has 0 N–H and O–H groups in total. The molecule has 0 fully saturated rings. The summed E-state index contributed by atoms with van der Waals surface area (Å²) < 4.78 is 12.6. The Labute approximate surface area is 77.8 Å². The second-order valence-electron chi connectivity index (χ2n) is 2.13. The van der Waals surface area contributed by atoms with Crippen LogP contribution >= 0.6 is 11.6 Å². The van der Waals surface area contributed by atoms with Crippen LogP contribution in [0, 0.1) is 5.82 Å². The predicted octanol–water partition coefficient (Wildman–Crippen LogP) is 1.96. The first kappa shape index (κ1) is 9.58. The highest BCUT2D eigenvalue weighted by Crippen LogP contribution is 2.17. The molecule has 0 saturated heterocycles. The molecule has 1 aromatic rings. The van der Waals surface area contributed by atoms with Crippen LogP contribution in [0.3, 0.4) is 0 Å². The van der Waals surface area contributed by atoms with Crippen molar-refractivity contribution in [1.29, 1.82) is 0 Å². The van der Waals surface area contributed by atoms with Crippen LogP contribution < -0.4 is 0 Å². The number of carbonyl (C=O) groups excluding carboxylic acids is 2. The molecule has 3 nitrogen and oxygen atoms in total. The van der Waals surface area contributed by atoms with Gasteiger partial charge in [-0.15, -0.1) is 4.99 Å². The van der Waals surface area contributed by atoms with E-state index in [1.807, 2.05) is 0 Å². The van der Waals surface area contributed by atoms with E-state index in [1.54, 1.807) is 0 Å². The number of aliphatic imine (C=N–C) groups is 1. The van der Waals surface area contributed by atoms with Crippen LogP contribution in [0.5, 0.6) is 0 Å². The Hall–Kier alpha value is -1.51. The number of carbonyl (C=O) groups is 1. The van der Waals surface area contributed by atoms with Crippen molar-refractivity contribution in [2.45, 2.75) is 0 Å². The van der Waals surface area contributed by atoms with E-state index in [9.17, 15) is 14.0 Å². The maximum Gasteiger partial charge on any atom is 0.289 e. The first-order chi connectivity index (χ1) is 6.15. The zero-order chi connectivity index (χ0) is 9.84. The van der Waals surface area contributed by atoms with Gasteiger partial charge in [0.2, 0.25) is 6.08 Å². The Morgan fingerprint density at radius 1 is 1.54 bits per heavy atom. The van der Waals surface area contributed by atoms with Crippen LogP contribution in [0.1, 0.15) is 10.4 Å². The van der Waals surface area contributed by atoms with Gasteiger partial charge in [0.15, 0.2) is 0 Å². The average Bonchev–Trinajstić information content (AvgIpc) is 2.09. The fourth-order valence-electron chi connectivity index (χ4n) is 0.763. The van der Waals surface area contributed by atoms with Crippen LogP contribution in [0.25, 0.3) is 0 Å². The third kappa shape index (κ3) is 2.21. The number of hydrogen-bond acceptors (Lipinski definition) is 2. The summed E-state index contributed by atoms with van der Waals surface area (Å²) in [6.45, 7) is 0. The highest BCUT2D eigenvalue weighted by Gasteiger charge is 2.09. The SMILES string of the molecule is O=C=NC(=O)c1cc(F)ccc1Cl. The fraction of sp³-hybridized carbons (Fsp3) is 0. The minimum Gasteiger partial charge on any atom is -0.266 e. The third-order valence-corrected chi connectivity index (χ3v) is 1.64. The lowest BCUT2D eigenvalue weighted by molar-refractivity contribution is 0.100. The Morgan fingerprint density at radius 2 is 2.23 bits per heavy atom. The van der Waals surface area contributed by atoms with Crippen LogP contribution in [-0.4, -0.2) is 12.0 Å². The number of hydrogen-bond donors (Lipinski definition) is 0. The molecule has 1 amide bonds. The number of benzene rings is 1. The number of halogens is 2. The second kappa shape index (κ2) is 3.94. The molecule has 0 saturated carbocycles.